The fourth-order valence-electron chi connectivity index (χ4n) is 2.98. The minimum atomic E-state index is -0.0576. The van der Waals surface area contributed by atoms with E-state index in [2.05, 4.69) is 41.5 Å². The van der Waals surface area contributed by atoms with E-state index in [-0.39, 0.29) is 4.08 Å². The zero-order valence-corrected chi connectivity index (χ0v) is 11.4. The maximum Gasteiger partial charge on any atom is 0.131 e. The first-order chi connectivity index (χ1) is 8.87. The molecule has 18 heavy (non-hydrogen) atoms. The number of fused-ring (bicyclic) bond motifs is 1. The van der Waals surface area contributed by atoms with Crippen LogP contribution in [0, 0.1) is 0 Å². The molecule has 1 heterocycles. The van der Waals surface area contributed by atoms with Crippen LogP contribution in [0.15, 0.2) is 41.5 Å². The molecular weight excluding hydrogens is 260 g/mol. The number of rotatable bonds is 0. The number of nitrogens with two attached hydrogens (primary N) is 1. The SMILES string of the molecule is N/N=C1\c2cccc3cccc(c23)C12SCCS2. The van der Waals surface area contributed by atoms with Crippen LogP contribution in [0.1, 0.15) is 11.1 Å². The molecule has 2 N–H and O–H groups in total. The lowest BCUT2D eigenvalue weighted by Gasteiger charge is -2.23. The van der Waals surface area contributed by atoms with Crippen molar-refractivity contribution in [2.75, 3.05) is 11.5 Å². The molecule has 4 rings (SSSR count). The zero-order valence-electron chi connectivity index (χ0n) is 9.72. The molecule has 4 heteroatoms. The second-order valence-electron chi connectivity index (χ2n) is 4.50. The van der Waals surface area contributed by atoms with Crippen LogP contribution in [0.3, 0.4) is 0 Å². The second-order valence-corrected chi connectivity index (χ2v) is 7.38. The van der Waals surface area contributed by atoms with Gasteiger partial charge in [0.2, 0.25) is 0 Å². The van der Waals surface area contributed by atoms with Crippen molar-refractivity contribution in [1.29, 1.82) is 0 Å². The van der Waals surface area contributed by atoms with Crippen molar-refractivity contribution in [3.8, 4) is 0 Å². The Labute approximate surface area is 114 Å². The Balaban J connectivity index is 2.16. The number of thioether (sulfide) groups is 2. The van der Waals surface area contributed by atoms with Gasteiger partial charge in [0, 0.05) is 17.1 Å². The van der Waals surface area contributed by atoms with Crippen molar-refractivity contribution >= 4 is 40.0 Å². The largest absolute Gasteiger partial charge is 0.323 e. The van der Waals surface area contributed by atoms with Crippen molar-refractivity contribution in [1.82, 2.24) is 0 Å². The summed E-state index contributed by atoms with van der Waals surface area (Å²) >= 11 is 3.93. The second kappa shape index (κ2) is 3.68. The van der Waals surface area contributed by atoms with Gasteiger partial charge in [0.15, 0.2) is 0 Å². The number of benzene rings is 2. The normalized spacial score (nSPS) is 22.3. The molecule has 0 saturated carbocycles. The average molecular weight is 272 g/mol. The van der Waals surface area contributed by atoms with Crippen molar-refractivity contribution in [2.45, 2.75) is 4.08 Å². The Bertz CT molecular complexity index is 667. The molecule has 0 radical (unpaired) electrons. The predicted molar refractivity (Wildman–Crippen MR) is 81.3 cm³/mol. The van der Waals surface area contributed by atoms with Gasteiger partial charge in [-0.1, -0.05) is 36.4 Å². The lowest BCUT2D eigenvalue weighted by atomic mass is 10.1. The summed E-state index contributed by atoms with van der Waals surface area (Å²) in [6.07, 6.45) is 0. The Hall–Kier alpha value is -1.13. The first-order valence-electron chi connectivity index (χ1n) is 5.96. The summed E-state index contributed by atoms with van der Waals surface area (Å²) in [4.78, 5) is 0. The standard InChI is InChI=1S/C14H12N2S2/c15-16-13-10-5-1-3-9-4-2-6-11(12(9)10)14(13)17-7-8-18-14/h1-6H,7-8,15H2/b16-13+. The summed E-state index contributed by atoms with van der Waals surface area (Å²) in [5, 5.41) is 6.76. The molecule has 1 saturated heterocycles. The van der Waals surface area contributed by atoms with Gasteiger partial charge in [0.05, 0.1) is 5.71 Å². The van der Waals surface area contributed by atoms with E-state index in [4.69, 9.17) is 5.84 Å². The molecule has 1 aliphatic carbocycles. The average Bonchev–Trinajstić information content (AvgIpc) is 2.98. The Morgan fingerprint density at radius 3 is 2.50 bits per heavy atom. The molecule has 0 aromatic heterocycles. The van der Waals surface area contributed by atoms with Crippen LogP contribution < -0.4 is 5.84 Å². The highest BCUT2D eigenvalue weighted by Crippen LogP contribution is 2.59. The van der Waals surface area contributed by atoms with Crippen LogP contribution in [0.2, 0.25) is 0 Å². The minimum absolute atomic E-state index is 0.0576. The Morgan fingerprint density at radius 1 is 1.06 bits per heavy atom. The number of nitrogens with zero attached hydrogens (tertiary/aromatic N) is 1. The highest BCUT2D eigenvalue weighted by Gasteiger charge is 2.48. The van der Waals surface area contributed by atoms with Gasteiger partial charge in [-0.3, -0.25) is 0 Å². The van der Waals surface area contributed by atoms with Gasteiger partial charge >= 0.3 is 0 Å². The van der Waals surface area contributed by atoms with Gasteiger partial charge < -0.3 is 5.84 Å². The number of hydrogen-bond acceptors (Lipinski definition) is 4. The van der Waals surface area contributed by atoms with Crippen LogP contribution in [0.25, 0.3) is 10.8 Å². The third kappa shape index (κ3) is 1.15. The summed E-state index contributed by atoms with van der Waals surface area (Å²) in [5.41, 5.74) is 3.64. The summed E-state index contributed by atoms with van der Waals surface area (Å²) in [6.45, 7) is 0. The summed E-state index contributed by atoms with van der Waals surface area (Å²) < 4.78 is -0.0576. The van der Waals surface area contributed by atoms with Gasteiger partial charge in [0.1, 0.15) is 4.08 Å². The van der Waals surface area contributed by atoms with Gasteiger partial charge in [-0.05, 0) is 16.3 Å². The fourth-order valence-corrected chi connectivity index (χ4v) is 6.30. The topological polar surface area (TPSA) is 38.4 Å². The highest BCUT2D eigenvalue weighted by atomic mass is 32.2. The van der Waals surface area contributed by atoms with Gasteiger partial charge in [-0.2, -0.15) is 5.10 Å². The first kappa shape index (κ1) is 10.8. The first-order valence-corrected chi connectivity index (χ1v) is 7.93. The Kier molecular flexibility index (Phi) is 2.20. The lowest BCUT2D eigenvalue weighted by Crippen LogP contribution is -2.23. The molecule has 0 bridgehead atoms. The molecule has 0 atom stereocenters. The molecule has 2 aromatic carbocycles. The lowest BCUT2D eigenvalue weighted by molar-refractivity contribution is 1.17. The summed E-state index contributed by atoms with van der Waals surface area (Å²) in [6, 6.07) is 12.9. The minimum Gasteiger partial charge on any atom is -0.323 e. The fraction of sp³-hybridized carbons (Fsp3) is 0.214. The van der Waals surface area contributed by atoms with Crippen LogP contribution in [0.5, 0.6) is 0 Å². The molecule has 90 valence electrons. The predicted octanol–water partition coefficient (Wildman–Crippen LogP) is 3.15. The van der Waals surface area contributed by atoms with Gasteiger partial charge in [-0.25, -0.2) is 0 Å². The van der Waals surface area contributed by atoms with Crippen LogP contribution in [0.4, 0.5) is 0 Å². The van der Waals surface area contributed by atoms with Crippen molar-refractivity contribution in [3.63, 3.8) is 0 Å². The summed E-state index contributed by atoms with van der Waals surface area (Å²) in [5.74, 6) is 8.03. The van der Waals surface area contributed by atoms with Crippen molar-refractivity contribution in [3.05, 3.63) is 47.5 Å². The number of hydrazone groups is 1. The van der Waals surface area contributed by atoms with E-state index in [1.54, 1.807) is 0 Å². The molecule has 0 unspecified atom stereocenters. The van der Waals surface area contributed by atoms with Gasteiger partial charge in [0.25, 0.3) is 0 Å². The summed E-state index contributed by atoms with van der Waals surface area (Å²) in [7, 11) is 0. The molecule has 0 amide bonds. The maximum atomic E-state index is 5.70. The molecule has 2 aromatic rings. The molecule has 1 spiro atoms. The van der Waals surface area contributed by atoms with Crippen LogP contribution >= 0.6 is 23.5 Å². The van der Waals surface area contributed by atoms with Crippen LogP contribution in [-0.2, 0) is 4.08 Å². The quantitative estimate of drug-likeness (QED) is 0.591. The smallest absolute Gasteiger partial charge is 0.131 e. The van der Waals surface area contributed by atoms with Crippen LogP contribution in [-0.4, -0.2) is 17.2 Å². The number of hydrogen-bond donors (Lipinski definition) is 1. The third-order valence-electron chi connectivity index (χ3n) is 3.65. The molecule has 2 aliphatic rings. The van der Waals surface area contributed by atoms with E-state index in [1.165, 1.54) is 21.9 Å². The monoisotopic (exact) mass is 272 g/mol. The highest BCUT2D eigenvalue weighted by molar-refractivity contribution is 8.21. The van der Waals surface area contributed by atoms with E-state index >= 15 is 0 Å². The maximum absolute atomic E-state index is 5.70. The molecule has 1 aliphatic heterocycles. The Morgan fingerprint density at radius 2 is 1.78 bits per heavy atom. The van der Waals surface area contributed by atoms with Gasteiger partial charge in [-0.15, -0.1) is 23.5 Å². The zero-order chi connectivity index (χ0) is 12.2. The molecule has 2 nitrogen and oxygen atoms in total. The third-order valence-corrected chi connectivity index (χ3v) is 7.07. The molecular formula is C14H12N2S2. The van der Waals surface area contributed by atoms with Crippen molar-refractivity contribution < 1.29 is 0 Å². The van der Waals surface area contributed by atoms with E-state index in [0.29, 0.717) is 0 Å². The van der Waals surface area contributed by atoms with Crippen molar-refractivity contribution in [2.24, 2.45) is 10.9 Å². The van der Waals surface area contributed by atoms with E-state index < -0.39 is 0 Å². The van der Waals surface area contributed by atoms with E-state index in [1.807, 2.05) is 23.5 Å². The van der Waals surface area contributed by atoms with E-state index in [0.717, 1.165) is 17.2 Å². The van der Waals surface area contributed by atoms with E-state index in [9.17, 15) is 0 Å². The molecule has 1 fully saturated rings.